The minimum absolute atomic E-state index is 0.329. The second kappa shape index (κ2) is 5.25. The SMILES string of the molecule is CNC(=O)OCOC(=O)N1CC2CCCC2C1. The highest BCUT2D eigenvalue weighted by Crippen LogP contribution is 2.37. The van der Waals surface area contributed by atoms with E-state index < -0.39 is 6.09 Å². The maximum Gasteiger partial charge on any atom is 0.412 e. The Labute approximate surface area is 100 Å². The van der Waals surface area contributed by atoms with Crippen molar-refractivity contribution in [3.05, 3.63) is 0 Å². The number of nitrogens with one attached hydrogen (secondary N) is 1. The van der Waals surface area contributed by atoms with Crippen LogP contribution in [0.5, 0.6) is 0 Å². The third-order valence-corrected chi connectivity index (χ3v) is 3.56. The Hall–Kier alpha value is -1.46. The largest absolute Gasteiger partial charge is 0.412 e. The van der Waals surface area contributed by atoms with Crippen molar-refractivity contribution in [2.75, 3.05) is 26.9 Å². The third kappa shape index (κ3) is 2.81. The summed E-state index contributed by atoms with van der Waals surface area (Å²) >= 11 is 0. The summed E-state index contributed by atoms with van der Waals surface area (Å²) in [5.74, 6) is 1.28. The van der Waals surface area contributed by atoms with Crippen LogP contribution in [0.1, 0.15) is 19.3 Å². The zero-order valence-electron chi connectivity index (χ0n) is 9.98. The number of likely N-dealkylation sites (tertiary alicyclic amines) is 1. The number of fused-ring (bicyclic) bond motifs is 1. The van der Waals surface area contributed by atoms with Gasteiger partial charge in [-0.1, -0.05) is 6.42 Å². The third-order valence-electron chi connectivity index (χ3n) is 3.56. The lowest BCUT2D eigenvalue weighted by Crippen LogP contribution is -2.31. The zero-order valence-corrected chi connectivity index (χ0v) is 9.98. The predicted octanol–water partition coefficient (Wildman–Crippen LogP) is 1.17. The summed E-state index contributed by atoms with van der Waals surface area (Å²) in [5, 5.41) is 2.27. The van der Waals surface area contributed by atoms with Crippen molar-refractivity contribution in [1.82, 2.24) is 10.2 Å². The molecule has 6 heteroatoms. The molecule has 1 saturated carbocycles. The van der Waals surface area contributed by atoms with Gasteiger partial charge in [-0.15, -0.1) is 0 Å². The van der Waals surface area contributed by atoms with Crippen molar-refractivity contribution in [2.45, 2.75) is 19.3 Å². The van der Waals surface area contributed by atoms with Crippen LogP contribution in [0.15, 0.2) is 0 Å². The molecule has 2 atom stereocenters. The number of carbonyl (C=O) groups excluding carboxylic acids is 2. The smallest absolute Gasteiger partial charge is 0.412 e. The molecule has 2 rings (SSSR count). The van der Waals surface area contributed by atoms with E-state index in [2.05, 4.69) is 10.1 Å². The van der Waals surface area contributed by atoms with E-state index in [0.29, 0.717) is 11.8 Å². The van der Waals surface area contributed by atoms with E-state index in [1.165, 1.54) is 26.3 Å². The fraction of sp³-hybridized carbons (Fsp3) is 0.818. The van der Waals surface area contributed by atoms with Gasteiger partial charge in [0.25, 0.3) is 0 Å². The number of amides is 2. The fourth-order valence-corrected chi connectivity index (χ4v) is 2.68. The van der Waals surface area contributed by atoms with Gasteiger partial charge < -0.3 is 19.7 Å². The summed E-state index contributed by atoms with van der Waals surface area (Å²) in [5.41, 5.74) is 0. The Morgan fingerprint density at radius 1 is 1.24 bits per heavy atom. The molecule has 0 bridgehead atoms. The summed E-state index contributed by atoms with van der Waals surface area (Å²) in [6.45, 7) is 1.23. The lowest BCUT2D eigenvalue weighted by molar-refractivity contribution is 0.0104. The Morgan fingerprint density at radius 3 is 2.47 bits per heavy atom. The molecule has 6 nitrogen and oxygen atoms in total. The zero-order chi connectivity index (χ0) is 12.3. The van der Waals surface area contributed by atoms with Gasteiger partial charge in [-0.25, -0.2) is 9.59 Å². The van der Waals surface area contributed by atoms with Crippen LogP contribution in [0.2, 0.25) is 0 Å². The highest BCUT2D eigenvalue weighted by Gasteiger charge is 2.38. The highest BCUT2D eigenvalue weighted by atomic mass is 16.7. The van der Waals surface area contributed by atoms with E-state index in [1.54, 1.807) is 4.90 Å². The van der Waals surface area contributed by atoms with Gasteiger partial charge in [-0.3, -0.25) is 0 Å². The van der Waals surface area contributed by atoms with Gasteiger partial charge in [-0.2, -0.15) is 0 Å². The Morgan fingerprint density at radius 2 is 1.88 bits per heavy atom. The molecule has 0 spiro atoms. The van der Waals surface area contributed by atoms with Crippen molar-refractivity contribution < 1.29 is 19.1 Å². The van der Waals surface area contributed by atoms with Crippen molar-refractivity contribution in [3.63, 3.8) is 0 Å². The van der Waals surface area contributed by atoms with E-state index >= 15 is 0 Å². The fourth-order valence-electron chi connectivity index (χ4n) is 2.68. The summed E-state index contributed by atoms with van der Waals surface area (Å²) in [6.07, 6.45) is 2.71. The van der Waals surface area contributed by atoms with Crippen molar-refractivity contribution in [2.24, 2.45) is 11.8 Å². The molecule has 1 heterocycles. The molecular weight excluding hydrogens is 224 g/mol. The minimum Gasteiger partial charge on any atom is -0.412 e. The number of hydrogen-bond acceptors (Lipinski definition) is 4. The van der Waals surface area contributed by atoms with Gasteiger partial charge in [0.05, 0.1) is 0 Å². The Balaban J connectivity index is 1.69. The Bertz CT molecular complexity index is 296. The molecule has 2 aliphatic rings. The molecule has 0 aromatic carbocycles. The molecule has 17 heavy (non-hydrogen) atoms. The average Bonchev–Trinajstić information content (AvgIpc) is 2.88. The first-order valence-electron chi connectivity index (χ1n) is 5.97. The number of rotatable bonds is 2. The number of alkyl carbamates (subject to hydrolysis) is 1. The molecule has 0 aromatic heterocycles. The molecular formula is C11H18N2O4. The molecule has 0 radical (unpaired) electrons. The maximum atomic E-state index is 11.6. The van der Waals surface area contributed by atoms with Crippen molar-refractivity contribution >= 4 is 12.2 Å². The van der Waals surface area contributed by atoms with Crippen LogP contribution in [-0.2, 0) is 9.47 Å². The molecule has 2 unspecified atom stereocenters. The first-order valence-corrected chi connectivity index (χ1v) is 5.97. The number of hydrogen-bond donors (Lipinski definition) is 1. The minimum atomic E-state index is -0.601. The van der Waals surface area contributed by atoms with Crippen LogP contribution >= 0.6 is 0 Å². The van der Waals surface area contributed by atoms with Crippen LogP contribution in [0.25, 0.3) is 0 Å². The van der Waals surface area contributed by atoms with Crippen LogP contribution in [0, 0.1) is 11.8 Å². The van der Waals surface area contributed by atoms with E-state index in [9.17, 15) is 9.59 Å². The van der Waals surface area contributed by atoms with E-state index in [1.807, 2.05) is 0 Å². The van der Waals surface area contributed by atoms with Gasteiger partial charge in [0.1, 0.15) is 0 Å². The second-order valence-electron chi connectivity index (χ2n) is 4.57. The highest BCUT2D eigenvalue weighted by molar-refractivity contribution is 5.69. The monoisotopic (exact) mass is 242 g/mol. The number of carbonyl (C=O) groups is 2. The van der Waals surface area contributed by atoms with E-state index in [4.69, 9.17) is 4.74 Å². The maximum absolute atomic E-state index is 11.6. The van der Waals surface area contributed by atoms with Crippen molar-refractivity contribution in [3.8, 4) is 0 Å². The summed E-state index contributed by atoms with van der Waals surface area (Å²) in [4.78, 5) is 24.1. The average molecular weight is 242 g/mol. The quantitative estimate of drug-likeness (QED) is 0.738. The predicted molar refractivity (Wildman–Crippen MR) is 59.3 cm³/mol. The number of nitrogens with zero attached hydrogens (tertiary/aromatic N) is 1. The summed E-state index contributed by atoms with van der Waals surface area (Å²) in [6, 6.07) is 0. The molecule has 2 amide bonds. The van der Waals surface area contributed by atoms with Gasteiger partial charge in [0.2, 0.25) is 6.79 Å². The van der Waals surface area contributed by atoms with Gasteiger partial charge in [-0.05, 0) is 24.7 Å². The van der Waals surface area contributed by atoms with Crippen LogP contribution in [-0.4, -0.2) is 44.0 Å². The standard InChI is InChI=1S/C11H18N2O4/c1-12-10(14)16-7-17-11(15)13-5-8-3-2-4-9(8)6-13/h8-9H,2-7H2,1H3,(H,12,14). The molecule has 1 saturated heterocycles. The van der Waals surface area contributed by atoms with Gasteiger partial charge >= 0.3 is 12.2 Å². The number of ether oxygens (including phenoxy) is 2. The lowest BCUT2D eigenvalue weighted by Gasteiger charge is -2.16. The Kier molecular flexibility index (Phi) is 3.71. The first-order chi connectivity index (χ1) is 8.20. The normalized spacial score (nSPS) is 26.5. The van der Waals surface area contributed by atoms with Crippen LogP contribution in [0.3, 0.4) is 0 Å². The molecule has 1 aliphatic heterocycles. The lowest BCUT2D eigenvalue weighted by atomic mass is 10.0. The van der Waals surface area contributed by atoms with Gasteiger partial charge in [0.15, 0.2) is 0 Å². The molecule has 1 N–H and O–H groups in total. The summed E-state index contributed by atoms with van der Waals surface area (Å²) < 4.78 is 9.46. The van der Waals surface area contributed by atoms with Crippen LogP contribution in [0.4, 0.5) is 9.59 Å². The topological polar surface area (TPSA) is 67.9 Å². The van der Waals surface area contributed by atoms with Gasteiger partial charge in [0, 0.05) is 20.1 Å². The first kappa shape index (κ1) is 12.0. The second-order valence-corrected chi connectivity index (χ2v) is 4.57. The molecule has 1 aliphatic carbocycles. The summed E-state index contributed by atoms with van der Waals surface area (Å²) in [7, 11) is 1.45. The molecule has 96 valence electrons. The van der Waals surface area contributed by atoms with E-state index in [-0.39, 0.29) is 12.9 Å². The van der Waals surface area contributed by atoms with Crippen molar-refractivity contribution in [1.29, 1.82) is 0 Å². The molecule has 2 fully saturated rings. The van der Waals surface area contributed by atoms with E-state index in [0.717, 1.165) is 13.1 Å². The molecule has 0 aromatic rings. The van der Waals surface area contributed by atoms with Crippen LogP contribution < -0.4 is 5.32 Å².